The second-order valence-corrected chi connectivity index (χ2v) is 3.48. The van der Waals surface area contributed by atoms with Crippen LogP contribution in [-0.2, 0) is 0 Å². The summed E-state index contributed by atoms with van der Waals surface area (Å²) < 4.78 is 8.03. The molecule has 0 saturated carbocycles. The van der Waals surface area contributed by atoms with Crippen LogP contribution in [0.25, 0.3) is 11.3 Å². The molecule has 0 unspecified atom stereocenters. The van der Waals surface area contributed by atoms with Crippen molar-refractivity contribution in [3.63, 3.8) is 0 Å². The van der Waals surface area contributed by atoms with Gasteiger partial charge >= 0.3 is 0 Å². The molecule has 0 aliphatic rings. The van der Waals surface area contributed by atoms with Crippen molar-refractivity contribution in [2.24, 2.45) is 0 Å². The number of halogens is 1. The van der Waals surface area contributed by atoms with Crippen LogP contribution in [0, 0.1) is 6.92 Å². The van der Waals surface area contributed by atoms with Gasteiger partial charge in [-0.2, -0.15) is 8.75 Å². The minimum absolute atomic E-state index is 0.458. The van der Waals surface area contributed by atoms with Gasteiger partial charge in [0.15, 0.2) is 5.15 Å². The molecule has 66 valence electrons. The molecule has 0 aliphatic carbocycles. The summed E-state index contributed by atoms with van der Waals surface area (Å²) in [6.45, 7) is 1.97. The molecule has 0 spiro atoms. The zero-order valence-corrected chi connectivity index (χ0v) is 8.43. The van der Waals surface area contributed by atoms with Gasteiger partial charge in [0, 0.05) is 18.0 Å². The van der Waals surface area contributed by atoms with E-state index in [-0.39, 0.29) is 0 Å². The molecule has 2 aromatic rings. The van der Waals surface area contributed by atoms with Gasteiger partial charge in [-0.15, -0.1) is 0 Å². The van der Waals surface area contributed by atoms with Crippen molar-refractivity contribution >= 4 is 23.3 Å². The summed E-state index contributed by atoms with van der Waals surface area (Å²) in [7, 11) is 0. The van der Waals surface area contributed by atoms with E-state index in [2.05, 4.69) is 13.7 Å². The van der Waals surface area contributed by atoms with Crippen LogP contribution in [0.3, 0.4) is 0 Å². The first-order valence-corrected chi connectivity index (χ1v) is 4.79. The molecule has 2 rings (SSSR count). The van der Waals surface area contributed by atoms with Gasteiger partial charge in [-0.25, -0.2) is 0 Å². The van der Waals surface area contributed by atoms with Crippen LogP contribution in [0.2, 0.25) is 5.15 Å². The molecule has 0 amide bonds. The van der Waals surface area contributed by atoms with Gasteiger partial charge in [0.1, 0.15) is 5.69 Å². The highest BCUT2D eigenvalue weighted by Gasteiger charge is 2.09. The van der Waals surface area contributed by atoms with Crippen molar-refractivity contribution in [2.45, 2.75) is 6.92 Å². The lowest BCUT2D eigenvalue weighted by Gasteiger charge is -1.99. The van der Waals surface area contributed by atoms with Crippen LogP contribution >= 0.6 is 23.3 Å². The summed E-state index contributed by atoms with van der Waals surface area (Å²) in [6.07, 6.45) is 3.50. The van der Waals surface area contributed by atoms with E-state index >= 15 is 0 Å². The number of hydrogen-bond acceptors (Lipinski definition) is 4. The highest BCUT2D eigenvalue weighted by Crippen LogP contribution is 2.27. The Bertz CT molecular complexity index is 427. The van der Waals surface area contributed by atoms with Gasteiger partial charge in [0.2, 0.25) is 0 Å². The van der Waals surface area contributed by atoms with Crippen LogP contribution in [0.15, 0.2) is 18.5 Å². The van der Waals surface area contributed by atoms with Crippen molar-refractivity contribution in [1.29, 1.82) is 0 Å². The van der Waals surface area contributed by atoms with E-state index in [4.69, 9.17) is 11.6 Å². The minimum Gasteiger partial charge on any atom is -0.264 e. The Hall–Kier alpha value is -1.00. The Labute approximate surface area is 84.7 Å². The minimum atomic E-state index is 0.458. The van der Waals surface area contributed by atoms with E-state index in [9.17, 15) is 0 Å². The normalized spacial score (nSPS) is 10.3. The zero-order valence-electron chi connectivity index (χ0n) is 6.86. The van der Waals surface area contributed by atoms with E-state index in [1.807, 2.05) is 13.0 Å². The number of aromatic nitrogens is 3. The lowest BCUT2D eigenvalue weighted by molar-refractivity contribution is 1.26. The smallest absolute Gasteiger partial charge is 0.170 e. The highest BCUT2D eigenvalue weighted by molar-refractivity contribution is 6.99. The van der Waals surface area contributed by atoms with Crippen molar-refractivity contribution in [1.82, 2.24) is 13.7 Å². The maximum Gasteiger partial charge on any atom is 0.170 e. The third kappa shape index (κ3) is 1.55. The van der Waals surface area contributed by atoms with Gasteiger partial charge in [0.25, 0.3) is 0 Å². The standard InChI is InChI=1S/C8H6ClN3S/c1-5-4-10-3-2-6(5)7-8(9)12-13-11-7/h2-4H,1H3. The maximum absolute atomic E-state index is 5.86. The lowest BCUT2D eigenvalue weighted by Crippen LogP contribution is -1.84. The van der Waals surface area contributed by atoms with Crippen LogP contribution < -0.4 is 0 Å². The Morgan fingerprint density at radius 2 is 2.23 bits per heavy atom. The number of nitrogens with zero attached hydrogens (tertiary/aromatic N) is 3. The molecule has 2 aromatic heterocycles. The first-order chi connectivity index (χ1) is 6.29. The fraction of sp³-hybridized carbons (Fsp3) is 0.125. The van der Waals surface area contributed by atoms with Gasteiger partial charge in [-0.1, -0.05) is 11.6 Å². The summed E-state index contributed by atoms with van der Waals surface area (Å²) in [5, 5.41) is 0.458. The second-order valence-electron chi connectivity index (χ2n) is 2.59. The Morgan fingerprint density at radius 1 is 1.38 bits per heavy atom. The zero-order chi connectivity index (χ0) is 9.26. The largest absolute Gasteiger partial charge is 0.264 e. The predicted molar refractivity (Wildman–Crippen MR) is 52.9 cm³/mol. The Morgan fingerprint density at radius 3 is 2.85 bits per heavy atom. The topological polar surface area (TPSA) is 38.7 Å². The summed E-state index contributed by atoms with van der Waals surface area (Å²) >= 11 is 6.98. The van der Waals surface area contributed by atoms with Crippen molar-refractivity contribution in [2.75, 3.05) is 0 Å². The van der Waals surface area contributed by atoms with Gasteiger partial charge in [-0.3, -0.25) is 4.98 Å². The fourth-order valence-electron chi connectivity index (χ4n) is 1.08. The fourth-order valence-corrected chi connectivity index (χ4v) is 1.83. The summed E-state index contributed by atoms with van der Waals surface area (Å²) in [5.74, 6) is 0. The molecule has 0 radical (unpaired) electrons. The van der Waals surface area contributed by atoms with E-state index in [0.29, 0.717) is 5.15 Å². The number of hydrogen-bond donors (Lipinski definition) is 0. The SMILES string of the molecule is Cc1cnccc1-c1nsnc1Cl. The molecule has 0 saturated heterocycles. The molecular weight excluding hydrogens is 206 g/mol. The van der Waals surface area contributed by atoms with Crippen LogP contribution in [0.4, 0.5) is 0 Å². The van der Waals surface area contributed by atoms with E-state index in [1.165, 1.54) is 0 Å². The van der Waals surface area contributed by atoms with E-state index in [0.717, 1.165) is 28.5 Å². The Balaban J connectivity index is 2.59. The molecule has 0 atom stereocenters. The third-order valence-electron chi connectivity index (χ3n) is 1.72. The van der Waals surface area contributed by atoms with Gasteiger partial charge in [0.05, 0.1) is 11.7 Å². The van der Waals surface area contributed by atoms with Crippen molar-refractivity contribution in [3.05, 3.63) is 29.2 Å². The maximum atomic E-state index is 5.86. The first-order valence-electron chi connectivity index (χ1n) is 3.68. The highest BCUT2D eigenvalue weighted by atomic mass is 35.5. The summed E-state index contributed by atoms with van der Waals surface area (Å²) in [5.41, 5.74) is 2.79. The molecule has 0 aromatic carbocycles. The molecule has 13 heavy (non-hydrogen) atoms. The molecule has 0 N–H and O–H groups in total. The average Bonchev–Trinajstić information content (AvgIpc) is 2.52. The molecule has 0 aliphatic heterocycles. The number of pyridine rings is 1. The Kier molecular flexibility index (Phi) is 2.24. The molecule has 3 nitrogen and oxygen atoms in total. The van der Waals surface area contributed by atoms with Crippen molar-refractivity contribution in [3.8, 4) is 11.3 Å². The molecular formula is C8H6ClN3S. The van der Waals surface area contributed by atoms with E-state index < -0.39 is 0 Å². The number of rotatable bonds is 1. The molecule has 0 fully saturated rings. The summed E-state index contributed by atoms with van der Waals surface area (Å²) in [4.78, 5) is 4.00. The number of aryl methyl sites for hydroxylation is 1. The second kappa shape index (κ2) is 3.40. The van der Waals surface area contributed by atoms with Gasteiger partial charge < -0.3 is 0 Å². The molecule has 5 heteroatoms. The van der Waals surface area contributed by atoms with Crippen LogP contribution in [-0.4, -0.2) is 13.7 Å². The molecule has 0 bridgehead atoms. The first kappa shape index (κ1) is 8.59. The van der Waals surface area contributed by atoms with Gasteiger partial charge in [-0.05, 0) is 18.6 Å². The average molecular weight is 212 g/mol. The lowest BCUT2D eigenvalue weighted by atomic mass is 10.1. The van der Waals surface area contributed by atoms with Crippen LogP contribution in [0.5, 0.6) is 0 Å². The van der Waals surface area contributed by atoms with Crippen LogP contribution in [0.1, 0.15) is 5.56 Å². The quantitative estimate of drug-likeness (QED) is 0.728. The monoisotopic (exact) mass is 211 g/mol. The molecule has 2 heterocycles. The third-order valence-corrected chi connectivity index (χ3v) is 2.62. The van der Waals surface area contributed by atoms with Crippen molar-refractivity contribution < 1.29 is 0 Å². The predicted octanol–water partition coefficient (Wildman–Crippen LogP) is 2.56. The summed E-state index contributed by atoms with van der Waals surface area (Å²) in [6, 6.07) is 1.89. The van der Waals surface area contributed by atoms with E-state index in [1.54, 1.807) is 12.4 Å².